The molecule has 1 atom stereocenters. The third-order valence-electron chi connectivity index (χ3n) is 2.91. The van der Waals surface area contributed by atoms with E-state index in [0.717, 1.165) is 0 Å². The number of benzene rings is 1. The van der Waals surface area contributed by atoms with E-state index >= 15 is 0 Å². The minimum Gasteiger partial charge on any atom is -0.393 e. The lowest BCUT2D eigenvalue weighted by Crippen LogP contribution is -2.22. The number of anilines is 1. The molecule has 0 heterocycles. The molecule has 1 amide bonds. The maximum Gasteiger partial charge on any atom is 0.293 e. The van der Waals surface area contributed by atoms with Crippen molar-refractivity contribution >= 4 is 17.3 Å². The van der Waals surface area contributed by atoms with E-state index in [1.165, 1.54) is 12.1 Å². The van der Waals surface area contributed by atoms with Crippen molar-refractivity contribution in [2.24, 2.45) is 0 Å². The SMILES string of the molecule is CCNC(=O)c1ccc(NCCCC(C)O)c([N+](=O)[O-])c1. The normalized spacial score (nSPS) is 11.8. The number of hydrogen-bond donors (Lipinski definition) is 3. The Bertz CT molecular complexity index is 503. The Morgan fingerprint density at radius 2 is 2.19 bits per heavy atom. The van der Waals surface area contributed by atoms with Crippen LogP contribution in [0.4, 0.5) is 11.4 Å². The molecule has 1 aromatic rings. The number of rotatable bonds is 8. The van der Waals surface area contributed by atoms with Gasteiger partial charge in [0, 0.05) is 24.7 Å². The first-order valence-corrected chi connectivity index (χ1v) is 6.94. The van der Waals surface area contributed by atoms with E-state index in [1.54, 1.807) is 19.9 Å². The Labute approximate surface area is 123 Å². The summed E-state index contributed by atoms with van der Waals surface area (Å²) in [6, 6.07) is 4.35. The van der Waals surface area contributed by atoms with Gasteiger partial charge in [-0.05, 0) is 38.8 Å². The zero-order chi connectivity index (χ0) is 15.8. The summed E-state index contributed by atoms with van der Waals surface area (Å²) in [5.74, 6) is -0.332. The van der Waals surface area contributed by atoms with Crippen LogP contribution in [0.15, 0.2) is 18.2 Å². The molecular formula is C14H21N3O4. The van der Waals surface area contributed by atoms with E-state index in [-0.39, 0.29) is 23.3 Å². The molecule has 3 N–H and O–H groups in total. The lowest BCUT2D eigenvalue weighted by molar-refractivity contribution is -0.384. The predicted octanol–water partition coefficient (Wildman–Crippen LogP) is 1.92. The van der Waals surface area contributed by atoms with Gasteiger partial charge in [0.15, 0.2) is 0 Å². The lowest BCUT2D eigenvalue weighted by Gasteiger charge is -2.09. The quantitative estimate of drug-likeness (QED) is 0.386. The summed E-state index contributed by atoms with van der Waals surface area (Å²) in [6.07, 6.45) is 0.937. The van der Waals surface area contributed by atoms with Gasteiger partial charge in [0.2, 0.25) is 0 Å². The summed E-state index contributed by atoms with van der Waals surface area (Å²) in [7, 11) is 0. The van der Waals surface area contributed by atoms with E-state index in [9.17, 15) is 14.9 Å². The minimum absolute atomic E-state index is 0.129. The summed E-state index contributed by atoms with van der Waals surface area (Å²) in [6.45, 7) is 4.46. The molecule has 0 saturated carbocycles. The molecule has 0 aromatic heterocycles. The first kappa shape index (κ1) is 16.9. The van der Waals surface area contributed by atoms with Crippen LogP contribution < -0.4 is 10.6 Å². The third kappa shape index (κ3) is 5.39. The van der Waals surface area contributed by atoms with Crippen LogP contribution in [0.25, 0.3) is 0 Å². The second-order valence-electron chi connectivity index (χ2n) is 4.77. The van der Waals surface area contributed by atoms with Crippen molar-refractivity contribution < 1.29 is 14.8 Å². The van der Waals surface area contributed by atoms with Crippen LogP contribution in [0, 0.1) is 10.1 Å². The van der Waals surface area contributed by atoms with E-state index in [4.69, 9.17) is 5.11 Å². The van der Waals surface area contributed by atoms with Gasteiger partial charge in [0.25, 0.3) is 11.6 Å². The zero-order valence-corrected chi connectivity index (χ0v) is 12.3. The number of nitro groups is 1. The maximum absolute atomic E-state index is 11.7. The standard InChI is InChI=1S/C14H21N3O4/c1-3-15-14(19)11-6-7-12(13(9-11)17(20)21)16-8-4-5-10(2)18/h6-7,9-10,16,18H,3-5,8H2,1-2H3,(H,15,19). The Morgan fingerprint density at radius 3 is 2.76 bits per heavy atom. The molecule has 1 unspecified atom stereocenters. The molecule has 0 spiro atoms. The molecule has 1 aromatic carbocycles. The smallest absolute Gasteiger partial charge is 0.293 e. The molecule has 0 fully saturated rings. The fourth-order valence-corrected chi connectivity index (χ4v) is 1.86. The zero-order valence-electron chi connectivity index (χ0n) is 12.3. The number of carbonyl (C=O) groups excluding carboxylic acids is 1. The van der Waals surface area contributed by atoms with Crippen LogP contribution in [0.2, 0.25) is 0 Å². The molecule has 0 radical (unpaired) electrons. The van der Waals surface area contributed by atoms with Crippen LogP contribution in [-0.2, 0) is 0 Å². The number of amides is 1. The number of nitrogens with zero attached hydrogens (tertiary/aromatic N) is 1. The fraction of sp³-hybridized carbons (Fsp3) is 0.500. The summed E-state index contributed by atoms with van der Waals surface area (Å²) < 4.78 is 0. The second-order valence-corrected chi connectivity index (χ2v) is 4.77. The van der Waals surface area contributed by atoms with Gasteiger partial charge in [-0.1, -0.05) is 0 Å². The number of hydrogen-bond acceptors (Lipinski definition) is 5. The molecule has 7 heteroatoms. The highest BCUT2D eigenvalue weighted by Gasteiger charge is 2.17. The second kappa shape index (κ2) is 8.21. The Balaban J connectivity index is 2.80. The van der Waals surface area contributed by atoms with Crippen molar-refractivity contribution in [3.63, 3.8) is 0 Å². The molecule has 116 valence electrons. The molecular weight excluding hydrogens is 274 g/mol. The number of nitrogens with one attached hydrogen (secondary N) is 2. The molecule has 21 heavy (non-hydrogen) atoms. The van der Waals surface area contributed by atoms with Crippen molar-refractivity contribution in [2.45, 2.75) is 32.8 Å². The number of nitro benzene ring substituents is 1. The van der Waals surface area contributed by atoms with Gasteiger partial charge in [-0.2, -0.15) is 0 Å². The van der Waals surface area contributed by atoms with Crippen LogP contribution in [0.3, 0.4) is 0 Å². The Hall–Kier alpha value is -2.15. The largest absolute Gasteiger partial charge is 0.393 e. The van der Waals surface area contributed by atoms with Crippen molar-refractivity contribution in [1.82, 2.24) is 5.32 Å². The molecule has 0 bridgehead atoms. The molecule has 0 aliphatic heterocycles. The van der Waals surface area contributed by atoms with Crippen molar-refractivity contribution in [3.05, 3.63) is 33.9 Å². The van der Waals surface area contributed by atoms with Crippen LogP contribution in [-0.4, -0.2) is 35.1 Å². The number of aliphatic hydroxyl groups excluding tert-OH is 1. The van der Waals surface area contributed by atoms with Crippen molar-refractivity contribution in [3.8, 4) is 0 Å². The number of aliphatic hydroxyl groups is 1. The predicted molar refractivity (Wildman–Crippen MR) is 80.5 cm³/mol. The minimum atomic E-state index is -0.514. The average molecular weight is 295 g/mol. The van der Waals surface area contributed by atoms with Crippen molar-refractivity contribution in [1.29, 1.82) is 0 Å². The lowest BCUT2D eigenvalue weighted by atomic mass is 10.1. The van der Waals surface area contributed by atoms with E-state index in [2.05, 4.69) is 10.6 Å². The van der Waals surface area contributed by atoms with Crippen molar-refractivity contribution in [2.75, 3.05) is 18.4 Å². The van der Waals surface area contributed by atoms with E-state index < -0.39 is 4.92 Å². The summed E-state index contributed by atoms with van der Waals surface area (Å²) in [4.78, 5) is 22.3. The molecule has 0 aliphatic carbocycles. The highest BCUT2D eigenvalue weighted by atomic mass is 16.6. The third-order valence-corrected chi connectivity index (χ3v) is 2.91. The molecule has 7 nitrogen and oxygen atoms in total. The van der Waals surface area contributed by atoms with Gasteiger partial charge in [-0.25, -0.2) is 0 Å². The van der Waals surface area contributed by atoms with Gasteiger partial charge in [-0.3, -0.25) is 14.9 Å². The monoisotopic (exact) mass is 295 g/mol. The van der Waals surface area contributed by atoms with Crippen LogP contribution in [0.5, 0.6) is 0 Å². The first-order chi connectivity index (χ1) is 9.95. The van der Waals surface area contributed by atoms with Gasteiger partial charge < -0.3 is 15.7 Å². The van der Waals surface area contributed by atoms with E-state index in [1.807, 2.05) is 0 Å². The topological polar surface area (TPSA) is 104 Å². The van der Waals surface area contributed by atoms with Gasteiger partial charge in [0.1, 0.15) is 5.69 Å². The molecule has 0 saturated heterocycles. The number of carbonyl (C=O) groups is 1. The summed E-state index contributed by atoms with van der Waals surface area (Å²) >= 11 is 0. The van der Waals surface area contributed by atoms with Crippen LogP contribution >= 0.6 is 0 Å². The highest BCUT2D eigenvalue weighted by Crippen LogP contribution is 2.25. The summed E-state index contributed by atoms with van der Waals surface area (Å²) in [5, 5.41) is 25.8. The van der Waals surface area contributed by atoms with E-state index in [0.29, 0.717) is 31.6 Å². The van der Waals surface area contributed by atoms with Crippen LogP contribution in [0.1, 0.15) is 37.0 Å². The fourth-order valence-electron chi connectivity index (χ4n) is 1.86. The molecule has 0 aliphatic rings. The van der Waals surface area contributed by atoms with Gasteiger partial charge >= 0.3 is 0 Å². The van der Waals surface area contributed by atoms with Gasteiger partial charge in [0.05, 0.1) is 11.0 Å². The van der Waals surface area contributed by atoms with Gasteiger partial charge in [-0.15, -0.1) is 0 Å². The highest BCUT2D eigenvalue weighted by molar-refractivity contribution is 5.95. The Morgan fingerprint density at radius 1 is 1.48 bits per heavy atom. The summed E-state index contributed by atoms with van der Waals surface area (Å²) in [5.41, 5.74) is 0.507. The Kier molecular flexibility index (Phi) is 6.61. The molecule has 1 rings (SSSR count). The maximum atomic E-state index is 11.7. The average Bonchev–Trinajstić information content (AvgIpc) is 2.43. The first-order valence-electron chi connectivity index (χ1n) is 6.94.